The van der Waals surface area contributed by atoms with Gasteiger partial charge in [-0.05, 0) is 30.9 Å². The van der Waals surface area contributed by atoms with Crippen molar-refractivity contribution in [2.45, 2.75) is 64.8 Å². The highest BCUT2D eigenvalue weighted by Gasteiger charge is 2.45. The quantitative estimate of drug-likeness (QED) is 0.295. The van der Waals surface area contributed by atoms with Crippen LogP contribution in [0.25, 0.3) is 16.7 Å². The number of hydrogen-bond acceptors (Lipinski definition) is 9. The van der Waals surface area contributed by atoms with Gasteiger partial charge in [-0.2, -0.15) is 0 Å². The molecule has 210 valence electrons. The van der Waals surface area contributed by atoms with Crippen LogP contribution in [0.5, 0.6) is 0 Å². The summed E-state index contributed by atoms with van der Waals surface area (Å²) in [5.41, 5.74) is 14.4. The van der Waals surface area contributed by atoms with Gasteiger partial charge in [0.25, 0.3) is 0 Å². The van der Waals surface area contributed by atoms with Gasteiger partial charge in [-0.1, -0.05) is 33.5 Å². The lowest BCUT2D eigenvalue weighted by atomic mass is 9.80. The number of nitrogens with two attached hydrogens (primary N) is 2. The van der Waals surface area contributed by atoms with Gasteiger partial charge in [0.05, 0.1) is 17.6 Å². The first-order valence-electron chi connectivity index (χ1n) is 13.3. The van der Waals surface area contributed by atoms with Gasteiger partial charge >= 0.3 is 0 Å². The minimum atomic E-state index is -3.40. The van der Waals surface area contributed by atoms with Gasteiger partial charge in [-0.25, -0.2) is 27.7 Å². The van der Waals surface area contributed by atoms with Crippen molar-refractivity contribution in [1.29, 1.82) is 0 Å². The first-order valence-corrected chi connectivity index (χ1v) is 18.6. The molecule has 4 heterocycles. The van der Waals surface area contributed by atoms with Crippen LogP contribution >= 0.6 is 0 Å². The Hall–Kier alpha value is -2.32. The van der Waals surface area contributed by atoms with Crippen molar-refractivity contribution >= 4 is 40.8 Å². The molecule has 2 aromatic rings. The second kappa shape index (κ2) is 11.0. The maximum atomic E-state index is 13.0. The Morgan fingerprint density at radius 1 is 1.32 bits per heavy atom. The zero-order chi connectivity index (χ0) is 27.7. The first kappa shape index (κ1) is 28.7. The average molecular weight is 563 g/mol. The summed E-state index contributed by atoms with van der Waals surface area (Å²) in [6.45, 7) is 12.7. The van der Waals surface area contributed by atoms with Gasteiger partial charge in [-0.15, -0.1) is 0 Å². The molecule has 38 heavy (non-hydrogen) atoms. The Kier molecular flexibility index (Phi) is 8.33. The molecule has 4 rings (SSSR count). The van der Waals surface area contributed by atoms with Crippen molar-refractivity contribution in [3.63, 3.8) is 0 Å². The monoisotopic (exact) mass is 562 g/mol. The molecule has 0 amide bonds. The van der Waals surface area contributed by atoms with E-state index in [9.17, 15) is 8.42 Å². The van der Waals surface area contributed by atoms with Crippen LogP contribution in [-0.2, 0) is 21.5 Å². The zero-order valence-electron chi connectivity index (χ0n) is 23.1. The molecule has 0 saturated carbocycles. The summed E-state index contributed by atoms with van der Waals surface area (Å²) in [5.74, 6) is 0.0600. The van der Waals surface area contributed by atoms with Crippen molar-refractivity contribution in [3.8, 4) is 0 Å². The normalized spacial score (nSPS) is 23.4. The molecule has 2 atom stereocenters. The molecule has 0 radical (unpaired) electrons. The van der Waals surface area contributed by atoms with E-state index in [1.54, 1.807) is 16.7 Å². The van der Waals surface area contributed by atoms with E-state index < -0.39 is 23.8 Å². The fourth-order valence-corrected chi connectivity index (χ4v) is 7.59. The molecule has 1 saturated heterocycles. The Labute approximate surface area is 226 Å². The number of hydrogen-bond donors (Lipinski definition) is 3. The smallest absolute Gasteiger partial charge is 0.214 e. The summed E-state index contributed by atoms with van der Waals surface area (Å²) in [6, 6.07) is 3.00. The minimum Gasteiger partial charge on any atom is -0.370 e. The van der Waals surface area contributed by atoms with E-state index in [2.05, 4.69) is 34.9 Å². The molecule has 13 heteroatoms. The number of aromatic nitrogens is 3. The van der Waals surface area contributed by atoms with Crippen molar-refractivity contribution in [3.05, 3.63) is 30.4 Å². The van der Waals surface area contributed by atoms with Gasteiger partial charge in [0.1, 0.15) is 17.9 Å². The molecular weight excluding hydrogens is 520 g/mol. The van der Waals surface area contributed by atoms with Crippen LogP contribution in [0.4, 0.5) is 0 Å². The van der Waals surface area contributed by atoms with Crippen LogP contribution in [0.1, 0.15) is 32.4 Å². The number of aliphatic imine (C=N–C) groups is 1. The predicted octanol–water partition coefficient (Wildman–Crippen LogP) is 2.36. The number of sulfonamides is 1. The van der Waals surface area contributed by atoms with Crippen molar-refractivity contribution in [2.75, 3.05) is 25.4 Å². The third-order valence-corrected chi connectivity index (χ3v) is 10.9. The molecule has 1 unspecified atom stereocenters. The summed E-state index contributed by atoms with van der Waals surface area (Å²) in [4.78, 5) is 14.1. The summed E-state index contributed by atoms with van der Waals surface area (Å²) in [5, 5.41) is 2.96. The Balaban J connectivity index is 1.57. The van der Waals surface area contributed by atoms with E-state index in [1.165, 1.54) is 0 Å². The molecular formula is C25H42N8O3SSi. The highest BCUT2D eigenvalue weighted by atomic mass is 32.2. The van der Waals surface area contributed by atoms with Crippen LogP contribution in [-0.4, -0.2) is 72.4 Å². The summed E-state index contributed by atoms with van der Waals surface area (Å²) in [7, 11) is -4.56. The first-order chi connectivity index (χ1) is 17.8. The Bertz CT molecular complexity index is 1320. The van der Waals surface area contributed by atoms with Crippen molar-refractivity contribution in [1.82, 2.24) is 24.2 Å². The van der Waals surface area contributed by atoms with E-state index >= 15 is 0 Å². The number of nitrogens with zero attached hydrogens (tertiary/aromatic N) is 5. The minimum absolute atomic E-state index is 0.0373. The SMILES string of the molecule is CC(C)CS(=O)(=O)N1CCC[C@H](C2(N)N=C(N)NC=C2c2cnc3c(ccn3COCC[Si](C)(C)C)n2)C1. The van der Waals surface area contributed by atoms with E-state index in [-0.39, 0.29) is 30.1 Å². The molecule has 2 aromatic heterocycles. The summed E-state index contributed by atoms with van der Waals surface area (Å²) in [6.07, 6.45) is 6.74. The molecule has 0 aliphatic carbocycles. The van der Waals surface area contributed by atoms with E-state index in [1.807, 2.05) is 30.7 Å². The largest absolute Gasteiger partial charge is 0.370 e. The van der Waals surface area contributed by atoms with E-state index in [0.29, 0.717) is 36.5 Å². The molecule has 1 fully saturated rings. The molecule has 2 aliphatic rings. The number of fused-ring (bicyclic) bond motifs is 1. The van der Waals surface area contributed by atoms with Gasteiger partial charge in [0.15, 0.2) is 11.6 Å². The van der Waals surface area contributed by atoms with Crippen LogP contribution in [0.15, 0.2) is 29.7 Å². The van der Waals surface area contributed by atoms with E-state index in [0.717, 1.165) is 24.7 Å². The second-order valence-corrected chi connectivity index (χ2v) is 19.6. The van der Waals surface area contributed by atoms with Crippen LogP contribution in [0.2, 0.25) is 25.7 Å². The van der Waals surface area contributed by atoms with Gasteiger partial charge < -0.3 is 26.1 Å². The van der Waals surface area contributed by atoms with Crippen molar-refractivity contribution < 1.29 is 13.2 Å². The Morgan fingerprint density at radius 2 is 2.08 bits per heavy atom. The number of nitrogens with one attached hydrogen (secondary N) is 1. The molecule has 11 nitrogen and oxygen atoms in total. The molecule has 0 spiro atoms. The number of guanidine groups is 1. The lowest BCUT2D eigenvalue weighted by molar-refractivity contribution is 0.0899. The maximum absolute atomic E-state index is 13.0. The van der Waals surface area contributed by atoms with Crippen LogP contribution in [0, 0.1) is 11.8 Å². The fraction of sp³-hybridized carbons (Fsp3) is 0.640. The average Bonchev–Trinajstić information content (AvgIpc) is 3.23. The molecule has 0 aromatic carbocycles. The summed E-state index contributed by atoms with van der Waals surface area (Å²) < 4.78 is 35.4. The standard InChI is InChI=1S/C25H42N8O3SSi/c1-18(2)16-37(34,35)33-9-6-7-19(15-33)25(27)20(13-29-24(26)31-25)22-14-28-23-21(30-22)8-10-32(23)17-36-11-12-38(3,4)5/h8,10,13-14,18-19H,6-7,9,11-12,15-17,27H2,1-5H3,(H3,26,29,31)/t19-,25?/m0/s1. The van der Waals surface area contributed by atoms with E-state index in [4.69, 9.17) is 21.2 Å². The van der Waals surface area contributed by atoms with Crippen LogP contribution in [0.3, 0.4) is 0 Å². The molecule has 0 bridgehead atoms. The second-order valence-electron chi connectivity index (χ2n) is 12.0. The highest BCUT2D eigenvalue weighted by molar-refractivity contribution is 7.89. The van der Waals surface area contributed by atoms with Gasteiger partial charge in [-0.3, -0.25) is 0 Å². The van der Waals surface area contributed by atoms with Crippen molar-refractivity contribution in [2.24, 2.45) is 28.3 Å². The fourth-order valence-electron chi connectivity index (χ4n) is 4.96. The zero-order valence-corrected chi connectivity index (χ0v) is 25.0. The third-order valence-electron chi connectivity index (χ3n) is 7.01. The third kappa shape index (κ3) is 6.45. The Morgan fingerprint density at radius 3 is 2.79 bits per heavy atom. The predicted molar refractivity (Wildman–Crippen MR) is 154 cm³/mol. The summed E-state index contributed by atoms with van der Waals surface area (Å²) >= 11 is 0. The maximum Gasteiger partial charge on any atom is 0.214 e. The van der Waals surface area contributed by atoms with Gasteiger partial charge in [0, 0.05) is 51.7 Å². The number of ether oxygens (including phenoxy) is 1. The number of rotatable bonds is 10. The highest BCUT2D eigenvalue weighted by Crippen LogP contribution is 2.38. The van der Waals surface area contributed by atoms with Crippen LogP contribution < -0.4 is 16.8 Å². The number of piperidine rings is 1. The van der Waals surface area contributed by atoms with Gasteiger partial charge in [0.2, 0.25) is 10.0 Å². The lowest BCUT2D eigenvalue weighted by Gasteiger charge is -2.42. The topological polar surface area (TPSA) is 154 Å². The molecule has 2 aliphatic heterocycles. The molecule has 5 N–H and O–H groups in total. The lowest BCUT2D eigenvalue weighted by Crippen LogP contribution is -2.57.